The molecule has 1 fully saturated rings. The highest BCUT2D eigenvalue weighted by Gasteiger charge is 2.21. The number of ether oxygens (including phenoxy) is 2. The monoisotopic (exact) mass is 522 g/mol. The molecule has 0 spiro atoms. The number of fused-ring (bicyclic) bond motifs is 2. The minimum Gasteiger partial charge on any atom is -0.493 e. The minimum atomic E-state index is -1.35. The second-order valence-electron chi connectivity index (χ2n) is 9.57. The zero-order valence-electron chi connectivity index (χ0n) is 21.5. The maximum Gasteiger partial charge on any atom is 0.512 e. The van der Waals surface area contributed by atoms with E-state index < -0.39 is 6.16 Å². The molecule has 0 saturated carbocycles. The lowest BCUT2D eigenvalue weighted by atomic mass is 10.0. The molecule has 39 heavy (non-hydrogen) atoms. The van der Waals surface area contributed by atoms with Crippen molar-refractivity contribution >= 4 is 33.6 Å². The Morgan fingerprint density at radius 1 is 0.923 bits per heavy atom. The fraction of sp³-hybridized carbons (Fsp3) is 0.226. The number of nitrogens with zero attached hydrogens (tertiary/aromatic N) is 2. The SMILES string of the molecule is O=C(O)Oc1[nH]c2c(-c3cccnc3N3CCNCC3)cccc2c1CCCOc1cccc2ccccc12. The van der Waals surface area contributed by atoms with E-state index in [0.717, 1.165) is 76.1 Å². The van der Waals surface area contributed by atoms with Crippen LogP contribution in [0, 0.1) is 0 Å². The lowest BCUT2D eigenvalue weighted by molar-refractivity contribution is 0.142. The van der Waals surface area contributed by atoms with Gasteiger partial charge in [0.1, 0.15) is 11.6 Å². The van der Waals surface area contributed by atoms with Gasteiger partial charge in [-0.1, -0.05) is 54.6 Å². The Labute approximate surface area is 226 Å². The lowest BCUT2D eigenvalue weighted by Crippen LogP contribution is -2.44. The van der Waals surface area contributed by atoms with Crippen LogP contribution in [0.4, 0.5) is 10.6 Å². The number of piperazine rings is 1. The summed E-state index contributed by atoms with van der Waals surface area (Å²) in [6.07, 6.45) is 1.75. The molecule has 0 aliphatic carbocycles. The van der Waals surface area contributed by atoms with Gasteiger partial charge in [0.2, 0.25) is 5.88 Å². The summed E-state index contributed by atoms with van der Waals surface area (Å²) in [7, 11) is 0. The average molecular weight is 523 g/mol. The number of H-pyrrole nitrogens is 1. The Balaban J connectivity index is 1.29. The van der Waals surface area contributed by atoms with Crippen LogP contribution in [-0.2, 0) is 6.42 Å². The number of para-hydroxylation sites is 1. The van der Waals surface area contributed by atoms with Gasteiger partial charge in [0.05, 0.1) is 12.1 Å². The van der Waals surface area contributed by atoms with Gasteiger partial charge in [-0.15, -0.1) is 0 Å². The molecular weight excluding hydrogens is 492 g/mol. The van der Waals surface area contributed by atoms with E-state index in [1.807, 2.05) is 54.7 Å². The Morgan fingerprint density at radius 3 is 2.56 bits per heavy atom. The second-order valence-corrected chi connectivity index (χ2v) is 9.57. The van der Waals surface area contributed by atoms with Gasteiger partial charge in [-0.2, -0.15) is 0 Å². The number of hydrogen-bond donors (Lipinski definition) is 3. The van der Waals surface area contributed by atoms with E-state index in [1.165, 1.54) is 0 Å². The Morgan fingerprint density at radius 2 is 1.69 bits per heavy atom. The number of aromatic amines is 1. The summed E-state index contributed by atoms with van der Waals surface area (Å²) in [4.78, 5) is 21.8. The topological polar surface area (TPSA) is 99.7 Å². The van der Waals surface area contributed by atoms with Gasteiger partial charge in [0.25, 0.3) is 0 Å². The highest BCUT2D eigenvalue weighted by atomic mass is 16.7. The van der Waals surface area contributed by atoms with Gasteiger partial charge >= 0.3 is 6.16 Å². The lowest BCUT2D eigenvalue weighted by Gasteiger charge is -2.30. The van der Waals surface area contributed by atoms with Crippen molar-refractivity contribution < 1.29 is 19.4 Å². The van der Waals surface area contributed by atoms with Gasteiger partial charge in [0.15, 0.2) is 0 Å². The molecule has 1 aliphatic heterocycles. The van der Waals surface area contributed by atoms with Crippen LogP contribution in [0.3, 0.4) is 0 Å². The van der Waals surface area contributed by atoms with Crippen molar-refractivity contribution in [3.8, 4) is 22.8 Å². The van der Waals surface area contributed by atoms with Crippen LogP contribution in [0.25, 0.3) is 32.8 Å². The second kappa shape index (κ2) is 11.0. The Bertz CT molecular complexity index is 1620. The maximum absolute atomic E-state index is 11.6. The van der Waals surface area contributed by atoms with E-state index in [1.54, 1.807) is 0 Å². The molecule has 3 heterocycles. The normalized spacial score (nSPS) is 13.6. The smallest absolute Gasteiger partial charge is 0.493 e. The first-order valence-electron chi connectivity index (χ1n) is 13.2. The Kier molecular flexibility index (Phi) is 7.01. The molecule has 6 rings (SSSR count). The largest absolute Gasteiger partial charge is 0.512 e. The van der Waals surface area contributed by atoms with E-state index in [0.29, 0.717) is 19.4 Å². The summed E-state index contributed by atoms with van der Waals surface area (Å²) in [6.45, 7) is 4.05. The van der Waals surface area contributed by atoms with Crippen molar-refractivity contribution in [2.75, 3.05) is 37.7 Å². The van der Waals surface area contributed by atoms with E-state index >= 15 is 0 Å². The molecule has 198 valence electrons. The third-order valence-electron chi connectivity index (χ3n) is 7.16. The van der Waals surface area contributed by atoms with Crippen molar-refractivity contribution in [3.63, 3.8) is 0 Å². The average Bonchev–Trinajstić information content (AvgIpc) is 3.32. The van der Waals surface area contributed by atoms with Crippen LogP contribution in [0.1, 0.15) is 12.0 Å². The molecule has 1 saturated heterocycles. The van der Waals surface area contributed by atoms with E-state index in [2.05, 4.69) is 39.5 Å². The van der Waals surface area contributed by atoms with Gasteiger partial charge in [0, 0.05) is 59.8 Å². The standard InChI is InChI=1S/C31H30N4O4/c36-31(37)39-30-26(13-6-20-38-27-14-3-8-21-7-1-2-9-22(21)27)24-11-4-10-23(28(24)34-30)25-12-5-15-33-29(25)35-18-16-32-17-19-35/h1-5,7-12,14-15,32,34H,6,13,16-20H2,(H,36,37). The summed E-state index contributed by atoms with van der Waals surface area (Å²) in [6, 6.07) is 24.2. The molecule has 2 aromatic heterocycles. The predicted octanol–water partition coefficient (Wildman–Crippen LogP) is 5.86. The van der Waals surface area contributed by atoms with Gasteiger partial charge in [-0.05, 0) is 36.4 Å². The van der Waals surface area contributed by atoms with Crippen LogP contribution in [0.15, 0.2) is 79.0 Å². The zero-order chi connectivity index (χ0) is 26.6. The van der Waals surface area contributed by atoms with Gasteiger partial charge in [-0.25, -0.2) is 9.78 Å². The number of nitrogens with one attached hydrogen (secondary N) is 2. The predicted molar refractivity (Wildman–Crippen MR) is 153 cm³/mol. The maximum atomic E-state index is 11.6. The van der Waals surface area contributed by atoms with Gasteiger partial charge in [-0.3, -0.25) is 0 Å². The highest BCUT2D eigenvalue weighted by molar-refractivity contribution is 6.00. The van der Waals surface area contributed by atoms with Crippen LogP contribution in [-0.4, -0.2) is 54.0 Å². The minimum absolute atomic E-state index is 0.253. The van der Waals surface area contributed by atoms with Crippen LogP contribution < -0.4 is 19.7 Å². The first-order chi connectivity index (χ1) is 19.2. The number of carboxylic acid groups (broad SMARTS) is 1. The van der Waals surface area contributed by atoms with E-state index in [4.69, 9.17) is 14.5 Å². The molecule has 0 unspecified atom stereocenters. The number of aryl methyl sites for hydroxylation is 1. The Hall–Kier alpha value is -4.56. The molecule has 3 aromatic carbocycles. The number of rotatable bonds is 8. The molecule has 8 nitrogen and oxygen atoms in total. The van der Waals surface area contributed by atoms with Crippen molar-refractivity contribution in [1.29, 1.82) is 0 Å². The zero-order valence-corrected chi connectivity index (χ0v) is 21.5. The fourth-order valence-corrected chi connectivity index (χ4v) is 5.39. The summed E-state index contributed by atoms with van der Waals surface area (Å²) in [5, 5.41) is 16.0. The number of pyridine rings is 1. The number of hydrogen-bond acceptors (Lipinski definition) is 6. The van der Waals surface area contributed by atoms with Crippen LogP contribution >= 0.6 is 0 Å². The van der Waals surface area contributed by atoms with E-state index in [-0.39, 0.29) is 5.88 Å². The number of aromatic nitrogens is 2. The van der Waals surface area contributed by atoms with Crippen molar-refractivity contribution in [2.45, 2.75) is 12.8 Å². The quantitative estimate of drug-likeness (QED) is 0.173. The molecule has 0 radical (unpaired) electrons. The molecule has 0 atom stereocenters. The molecule has 3 N–H and O–H groups in total. The summed E-state index contributed by atoms with van der Waals surface area (Å²) in [5.41, 5.74) is 3.62. The highest BCUT2D eigenvalue weighted by Crippen LogP contribution is 2.38. The molecule has 0 bridgehead atoms. The summed E-state index contributed by atoms with van der Waals surface area (Å²) in [5.74, 6) is 2.02. The first kappa shape index (κ1) is 24.8. The van der Waals surface area contributed by atoms with Crippen LogP contribution in [0.2, 0.25) is 0 Å². The van der Waals surface area contributed by atoms with Crippen molar-refractivity contribution in [2.24, 2.45) is 0 Å². The molecule has 1 aliphatic rings. The van der Waals surface area contributed by atoms with Crippen LogP contribution in [0.5, 0.6) is 11.6 Å². The number of carbonyl (C=O) groups is 1. The third-order valence-corrected chi connectivity index (χ3v) is 7.16. The first-order valence-corrected chi connectivity index (χ1v) is 13.2. The number of benzene rings is 3. The summed E-state index contributed by atoms with van der Waals surface area (Å²) >= 11 is 0. The molecule has 0 amide bonds. The fourth-order valence-electron chi connectivity index (χ4n) is 5.39. The molecule has 8 heteroatoms. The summed E-state index contributed by atoms with van der Waals surface area (Å²) < 4.78 is 11.4. The van der Waals surface area contributed by atoms with Crippen molar-refractivity contribution in [3.05, 3.63) is 84.6 Å². The van der Waals surface area contributed by atoms with Crippen molar-refractivity contribution in [1.82, 2.24) is 15.3 Å². The third kappa shape index (κ3) is 5.11. The molecule has 5 aromatic rings. The van der Waals surface area contributed by atoms with Gasteiger partial charge < -0.3 is 29.8 Å². The van der Waals surface area contributed by atoms with E-state index in [9.17, 15) is 9.90 Å². The molecular formula is C31H30N4O4. The number of anilines is 1.